The van der Waals surface area contributed by atoms with Crippen molar-refractivity contribution in [1.82, 2.24) is 4.98 Å². The van der Waals surface area contributed by atoms with Crippen LogP contribution in [-0.2, 0) is 4.74 Å². The first kappa shape index (κ1) is 13.1. The van der Waals surface area contributed by atoms with Gasteiger partial charge in [-0.2, -0.15) is 0 Å². The van der Waals surface area contributed by atoms with E-state index in [0.29, 0.717) is 13.2 Å². The highest BCUT2D eigenvalue weighted by atomic mass is 16.5. The summed E-state index contributed by atoms with van der Waals surface area (Å²) in [5, 5.41) is 12.7. The van der Waals surface area contributed by atoms with E-state index in [-0.39, 0.29) is 12.6 Å². The number of aliphatic hydroxyl groups excluding tert-OH is 1. The summed E-state index contributed by atoms with van der Waals surface area (Å²) < 4.78 is 5.39. The molecule has 0 spiro atoms. The Morgan fingerprint density at radius 2 is 2.50 bits per heavy atom. The molecule has 1 unspecified atom stereocenters. The van der Waals surface area contributed by atoms with Crippen LogP contribution in [0.2, 0.25) is 0 Å². The summed E-state index contributed by atoms with van der Waals surface area (Å²) >= 11 is 0. The van der Waals surface area contributed by atoms with E-state index in [1.165, 1.54) is 0 Å². The van der Waals surface area contributed by atoms with Crippen LogP contribution >= 0.6 is 0 Å². The summed E-state index contributed by atoms with van der Waals surface area (Å²) in [6.45, 7) is 5.25. The van der Waals surface area contributed by atoms with Crippen LogP contribution in [0.4, 0.5) is 11.5 Å². The maximum Gasteiger partial charge on any atom is 0.127 e. The molecule has 0 saturated carbocycles. The average molecular weight is 251 g/mol. The van der Waals surface area contributed by atoms with Gasteiger partial charge in [0.2, 0.25) is 0 Å². The topological polar surface area (TPSA) is 57.6 Å². The predicted molar refractivity (Wildman–Crippen MR) is 72.1 cm³/mol. The summed E-state index contributed by atoms with van der Waals surface area (Å²) in [4.78, 5) is 6.47. The normalized spacial score (nSPS) is 19.9. The van der Waals surface area contributed by atoms with Crippen molar-refractivity contribution < 1.29 is 9.84 Å². The Balaban J connectivity index is 2.10. The zero-order valence-corrected chi connectivity index (χ0v) is 10.8. The van der Waals surface area contributed by atoms with E-state index in [9.17, 15) is 5.11 Å². The minimum absolute atomic E-state index is 0.0418. The molecule has 2 N–H and O–H groups in total. The first-order chi connectivity index (χ1) is 8.85. The fourth-order valence-corrected chi connectivity index (χ4v) is 2.09. The maximum absolute atomic E-state index is 9.38. The predicted octanol–water partition coefficient (Wildman–Crippen LogP) is 1.10. The fourth-order valence-electron chi connectivity index (χ4n) is 2.09. The van der Waals surface area contributed by atoms with Crippen molar-refractivity contribution in [2.75, 3.05) is 43.1 Å². The van der Waals surface area contributed by atoms with Gasteiger partial charge in [-0.15, -0.1) is 0 Å². The summed E-state index contributed by atoms with van der Waals surface area (Å²) in [6.07, 6.45) is 2.87. The summed E-state index contributed by atoms with van der Waals surface area (Å²) in [6, 6.07) is 4.05. The Labute approximate surface area is 108 Å². The molecule has 18 heavy (non-hydrogen) atoms. The number of morpholine rings is 1. The van der Waals surface area contributed by atoms with Gasteiger partial charge in [0.05, 0.1) is 25.9 Å². The molecular formula is C13H21N3O2. The number of aromatic nitrogens is 1. The van der Waals surface area contributed by atoms with E-state index in [0.717, 1.165) is 31.0 Å². The number of rotatable bonds is 5. The monoisotopic (exact) mass is 251 g/mol. The average Bonchev–Trinajstić information content (AvgIpc) is 2.45. The smallest absolute Gasteiger partial charge is 0.127 e. The quantitative estimate of drug-likeness (QED) is 0.820. The number of aliphatic hydroxyl groups is 1. The van der Waals surface area contributed by atoms with Crippen molar-refractivity contribution in [3.05, 3.63) is 18.3 Å². The van der Waals surface area contributed by atoms with Crippen molar-refractivity contribution in [3.8, 4) is 0 Å². The number of hydrogen-bond donors (Lipinski definition) is 2. The van der Waals surface area contributed by atoms with Gasteiger partial charge >= 0.3 is 0 Å². The third-order valence-electron chi connectivity index (χ3n) is 3.07. The van der Waals surface area contributed by atoms with Crippen LogP contribution in [0, 0.1) is 0 Å². The fraction of sp³-hybridized carbons (Fsp3) is 0.615. The standard InChI is InChI=1S/C13H21N3O2/c1-2-4-14-13-8-11(3-5-15-13)16-6-7-18-10-12(16)9-17/h3,5,8,12,17H,2,4,6-7,9-10H2,1H3,(H,14,15). The molecule has 5 nitrogen and oxygen atoms in total. The van der Waals surface area contributed by atoms with Gasteiger partial charge in [0.1, 0.15) is 5.82 Å². The highest BCUT2D eigenvalue weighted by Gasteiger charge is 2.22. The number of pyridine rings is 1. The van der Waals surface area contributed by atoms with E-state index in [1.54, 1.807) is 6.20 Å². The number of nitrogens with zero attached hydrogens (tertiary/aromatic N) is 2. The van der Waals surface area contributed by atoms with Crippen LogP contribution in [0.3, 0.4) is 0 Å². The van der Waals surface area contributed by atoms with Crippen LogP contribution in [0.1, 0.15) is 13.3 Å². The van der Waals surface area contributed by atoms with Crippen LogP contribution in [0.25, 0.3) is 0 Å². The van der Waals surface area contributed by atoms with E-state index in [4.69, 9.17) is 4.74 Å². The molecule has 0 aliphatic carbocycles. The molecule has 5 heteroatoms. The molecule has 1 saturated heterocycles. The van der Waals surface area contributed by atoms with Gasteiger partial charge in [-0.1, -0.05) is 6.92 Å². The molecule has 100 valence electrons. The Hall–Kier alpha value is -1.33. The Morgan fingerprint density at radius 3 is 3.28 bits per heavy atom. The first-order valence-corrected chi connectivity index (χ1v) is 6.50. The van der Waals surface area contributed by atoms with Gasteiger partial charge in [0.25, 0.3) is 0 Å². The second-order valence-electron chi connectivity index (χ2n) is 4.43. The molecule has 1 aromatic rings. The Bertz CT molecular complexity index is 373. The third kappa shape index (κ3) is 3.11. The van der Waals surface area contributed by atoms with Crippen LogP contribution in [0.15, 0.2) is 18.3 Å². The Kier molecular flexibility index (Phi) is 4.78. The maximum atomic E-state index is 9.38. The van der Waals surface area contributed by atoms with Gasteiger partial charge in [-0.25, -0.2) is 4.98 Å². The minimum atomic E-state index is 0.0418. The van der Waals surface area contributed by atoms with Crippen LogP contribution in [0.5, 0.6) is 0 Å². The second kappa shape index (κ2) is 6.56. The zero-order valence-electron chi connectivity index (χ0n) is 10.8. The van der Waals surface area contributed by atoms with Gasteiger partial charge in [0.15, 0.2) is 0 Å². The number of ether oxygens (including phenoxy) is 1. The molecule has 1 aliphatic rings. The van der Waals surface area contributed by atoms with Crippen molar-refractivity contribution in [2.24, 2.45) is 0 Å². The highest BCUT2D eigenvalue weighted by molar-refractivity contribution is 5.54. The van der Waals surface area contributed by atoms with Gasteiger partial charge < -0.3 is 20.1 Å². The first-order valence-electron chi connectivity index (χ1n) is 6.50. The van der Waals surface area contributed by atoms with Crippen LogP contribution < -0.4 is 10.2 Å². The minimum Gasteiger partial charge on any atom is -0.394 e. The molecule has 1 fully saturated rings. The van der Waals surface area contributed by atoms with Gasteiger partial charge in [0, 0.05) is 31.0 Å². The molecule has 0 aromatic carbocycles. The van der Waals surface area contributed by atoms with E-state index in [1.807, 2.05) is 12.1 Å². The van der Waals surface area contributed by atoms with Crippen LogP contribution in [-0.4, -0.2) is 49.0 Å². The molecular weight excluding hydrogens is 230 g/mol. The molecule has 2 heterocycles. The lowest BCUT2D eigenvalue weighted by molar-refractivity contribution is 0.0727. The lowest BCUT2D eigenvalue weighted by atomic mass is 10.2. The second-order valence-corrected chi connectivity index (χ2v) is 4.43. The molecule has 1 aromatic heterocycles. The van der Waals surface area contributed by atoms with E-state index in [2.05, 4.69) is 22.1 Å². The zero-order chi connectivity index (χ0) is 12.8. The van der Waals surface area contributed by atoms with Gasteiger partial charge in [-0.3, -0.25) is 0 Å². The summed E-state index contributed by atoms with van der Waals surface area (Å²) in [5.41, 5.74) is 1.09. The molecule has 1 aliphatic heterocycles. The largest absolute Gasteiger partial charge is 0.394 e. The van der Waals surface area contributed by atoms with Crippen molar-refractivity contribution in [1.29, 1.82) is 0 Å². The summed E-state index contributed by atoms with van der Waals surface area (Å²) in [7, 11) is 0. The molecule has 0 radical (unpaired) electrons. The lowest BCUT2D eigenvalue weighted by Gasteiger charge is -2.36. The SMILES string of the molecule is CCCNc1cc(N2CCOCC2CO)ccn1. The molecule has 1 atom stereocenters. The molecule has 0 amide bonds. The van der Waals surface area contributed by atoms with E-state index < -0.39 is 0 Å². The Morgan fingerprint density at radius 1 is 1.61 bits per heavy atom. The third-order valence-corrected chi connectivity index (χ3v) is 3.07. The molecule has 0 bridgehead atoms. The number of anilines is 2. The van der Waals surface area contributed by atoms with Crippen molar-refractivity contribution >= 4 is 11.5 Å². The lowest BCUT2D eigenvalue weighted by Crippen LogP contribution is -2.47. The van der Waals surface area contributed by atoms with Crippen molar-refractivity contribution in [3.63, 3.8) is 0 Å². The summed E-state index contributed by atoms with van der Waals surface area (Å²) in [5.74, 6) is 0.887. The van der Waals surface area contributed by atoms with Crippen molar-refractivity contribution in [2.45, 2.75) is 19.4 Å². The highest BCUT2D eigenvalue weighted by Crippen LogP contribution is 2.21. The van der Waals surface area contributed by atoms with E-state index >= 15 is 0 Å². The number of hydrogen-bond acceptors (Lipinski definition) is 5. The van der Waals surface area contributed by atoms with Gasteiger partial charge in [-0.05, 0) is 12.5 Å². The number of nitrogens with one attached hydrogen (secondary N) is 1. The molecule has 2 rings (SSSR count).